The van der Waals surface area contributed by atoms with E-state index in [4.69, 9.17) is 9.84 Å². The molecular weight excluding hydrogens is 187 g/mol. The lowest BCUT2D eigenvalue weighted by Gasteiger charge is -2.03. The number of hydrogen-bond acceptors (Lipinski definition) is 2. The van der Waals surface area contributed by atoms with Crippen LogP contribution in [0.4, 0.5) is 4.39 Å². The lowest BCUT2D eigenvalue weighted by molar-refractivity contribution is 0.0692. The Morgan fingerprint density at radius 3 is 2.86 bits per heavy atom. The molecule has 0 spiro atoms. The van der Waals surface area contributed by atoms with Crippen LogP contribution >= 0.6 is 0 Å². The Hall–Kier alpha value is -1.84. The fraction of sp³-hybridized carbons (Fsp3) is 0.100. The number of hydrogen-bond donors (Lipinski definition) is 1. The molecule has 74 valence electrons. The van der Waals surface area contributed by atoms with Gasteiger partial charge in [0.05, 0.1) is 5.56 Å². The van der Waals surface area contributed by atoms with Gasteiger partial charge >= 0.3 is 5.97 Å². The van der Waals surface area contributed by atoms with E-state index in [1.54, 1.807) is 0 Å². The Bertz CT molecular complexity index is 360. The molecule has 3 nitrogen and oxygen atoms in total. The second-order valence-corrected chi connectivity index (χ2v) is 2.55. The van der Waals surface area contributed by atoms with Crippen molar-refractivity contribution in [1.29, 1.82) is 0 Å². The van der Waals surface area contributed by atoms with E-state index in [0.717, 1.165) is 12.1 Å². The Kier molecular flexibility index (Phi) is 3.23. The van der Waals surface area contributed by atoms with Crippen molar-refractivity contribution in [2.24, 2.45) is 0 Å². The number of carboxylic acids is 1. The van der Waals surface area contributed by atoms with Gasteiger partial charge in [-0.25, -0.2) is 9.18 Å². The number of halogens is 1. The summed E-state index contributed by atoms with van der Waals surface area (Å²) in [5.74, 6) is -1.82. The molecule has 1 rings (SSSR count). The number of rotatable bonds is 4. The van der Waals surface area contributed by atoms with Gasteiger partial charge in [0.25, 0.3) is 0 Å². The highest BCUT2D eigenvalue weighted by molar-refractivity contribution is 5.88. The largest absolute Gasteiger partial charge is 0.489 e. The summed E-state index contributed by atoms with van der Waals surface area (Å²) >= 11 is 0. The second-order valence-electron chi connectivity index (χ2n) is 2.55. The van der Waals surface area contributed by atoms with Gasteiger partial charge in [0.15, 0.2) is 0 Å². The van der Waals surface area contributed by atoms with Gasteiger partial charge in [-0.3, -0.25) is 0 Å². The van der Waals surface area contributed by atoms with E-state index in [9.17, 15) is 9.18 Å². The zero-order valence-electron chi connectivity index (χ0n) is 7.37. The van der Waals surface area contributed by atoms with Crippen LogP contribution in [0, 0.1) is 5.82 Å². The molecule has 4 heteroatoms. The van der Waals surface area contributed by atoms with Crippen LogP contribution in [0.15, 0.2) is 30.9 Å². The minimum absolute atomic E-state index is 0.256. The predicted octanol–water partition coefficient (Wildman–Crippen LogP) is 2.09. The Morgan fingerprint density at radius 2 is 2.36 bits per heavy atom. The van der Waals surface area contributed by atoms with Crippen LogP contribution in [0.5, 0.6) is 5.75 Å². The van der Waals surface area contributed by atoms with Crippen LogP contribution in [0.3, 0.4) is 0 Å². The summed E-state index contributed by atoms with van der Waals surface area (Å²) in [6.45, 7) is 3.69. The van der Waals surface area contributed by atoms with Crippen molar-refractivity contribution in [3.63, 3.8) is 0 Å². The minimum Gasteiger partial charge on any atom is -0.489 e. The van der Waals surface area contributed by atoms with Gasteiger partial charge in [-0.05, 0) is 12.1 Å². The summed E-state index contributed by atoms with van der Waals surface area (Å²) in [6, 6.07) is 3.60. The van der Waals surface area contributed by atoms with Gasteiger partial charge < -0.3 is 9.84 Å². The summed E-state index contributed by atoms with van der Waals surface area (Å²) in [5, 5.41) is 8.54. The molecule has 0 aliphatic heterocycles. The molecule has 0 bridgehead atoms. The van der Waals surface area contributed by atoms with Crippen molar-refractivity contribution in [1.82, 2.24) is 0 Å². The summed E-state index contributed by atoms with van der Waals surface area (Å²) < 4.78 is 18.1. The van der Waals surface area contributed by atoms with Crippen molar-refractivity contribution in [2.75, 3.05) is 6.61 Å². The van der Waals surface area contributed by atoms with E-state index in [-0.39, 0.29) is 17.9 Å². The number of aromatic carboxylic acids is 1. The first kappa shape index (κ1) is 10.2. The molecule has 0 radical (unpaired) electrons. The van der Waals surface area contributed by atoms with Crippen LogP contribution in [0.25, 0.3) is 0 Å². The molecule has 1 N–H and O–H groups in total. The summed E-state index contributed by atoms with van der Waals surface area (Å²) in [4.78, 5) is 10.5. The zero-order chi connectivity index (χ0) is 10.6. The summed E-state index contributed by atoms with van der Waals surface area (Å²) in [5.41, 5.74) is -0.365. The van der Waals surface area contributed by atoms with E-state index >= 15 is 0 Å². The third-order valence-corrected chi connectivity index (χ3v) is 1.54. The molecule has 0 saturated carbocycles. The van der Waals surface area contributed by atoms with Crippen LogP contribution in [0.2, 0.25) is 0 Å². The highest BCUT2D eigenvalue weighted by atomic mass is 19.1. The monoisotopic (exact) mass is 196 g/mol. The third-order valence-electron chi connectivity index (χ3n) is 1.54. The molecule has 0 aliphatic carbocycles. The van der Waals surface area contributed by atoms with Gasteiger partial charge in [0.1, 0.15) is 18.2 Å². The van der Waals surface area contributed by atoms with E-state index in [1.165, 1.54) is 12.1 Å². The maximum absolute atomic E-state index is 13.0. The topological polar surface area (TPSA) is 46.5 Å². The quantitative estimate of drug-likeness (QED) is 0.750. The molecule has 0 fully saturated rings. The Morgan fingerprint density at radius 1 is 1.64 bits per heavy atom. The third kappa shape index (κ3) is 2.32. The molecule has 0 unspecified atom stereocenters. The molecule has 1 aromatic rings. The standard InChI is InChI=1S/C10H9FO3/c1-2-5-14-7-3-4-8(10(12)13)9(11)6-7/h2-4,6H,1,5H2,(H,12,13). The average molecular weight is 196 g/mol. The number of ether oxygens (including phenoxy) is 1. The van der Waals surface area contributed by atoms with Crippen LogP contribution in [0.1, 0.15) is 10.4 Å². The summed E-state index contributed by atoms with van der Waals surface area (Å²) in [7, 11) is 0. The first-order valence-corrected chi connectivity index (χ1v) is 3.91. The molecule has 0 aromatic heterocycles. The fourth-order valence-electron chi connectivity index (χ4n) is 0.914. The molecular formula is C10H9FO3. The Balaban J connectivity index is 2.88. The van der Waals surface area contributed by atoms with Crippen molar-refractivity contribution < 1.29 is 19.0 Å². The SMILES string of the molecule is C=CCOc1ccc(C(=O)O)c(F)c1. The first-order chi connectivity index (χ1) is 6.65. The van der Waals surface area contributed by atoms with Crippen LogP contribution < -0.4 is 4.74 Å². The molecule has 14 heavy (non-hydrogen) atoms. The predicted molar refractivity (Wildman–Crippen MR) is 49.1 cm³/mol. The number of benzene rings is 1. The highest BCUT2D eigenvalue weighted by Crippen LogP contribution is 2.16. The van der Waals surface area contributed by atoms with Crippen molar-refractivity contribution in [2.45, 2.75) is 0 Å². The van der Waals surface area contributed by atoms with E-state index in [1.807, 2.05) is 0 Å². The molecule has 0 saturated heterocycles. The van der Waals surface area contributed by atoms with Crippen LogP contribution in [-0.4, -0.2) is 17.7 Å². The molecule has 0 aliphatic rings. The van der Waals surface area contributed by atoms with Gasteiger partial charge in [0, 0.05) is 6.07 Å². The van der Waals surface area contributed by atoms with Gasteiger partial charge in [-0.2, -0.15) is 0 Å². The second kappa shape index (κ2) is 4.41. The normalized spacial score (nSPS) is 9.50. The van der Waals surface area contributed by atoms with Gasteiger partial charge in [0.2, 0.25) is 0 Å². The first-order valence-electron chi connectivity index (χ1n) is 3.91. The zero-order valence-corrected chi connectivity index (χ0v) is 7.37. The molecule has 0 heterocycles. The lowest BCUT2D eigenvalue weighted by Crippen LogP contribution is -2.01. The highest BCUT2D eigenvalue weighted by Gasteiger charge is 2.10. The Labute approximate surface area is 80.4 Å². The summed E-state index contributed by atoms with van der Waals surface area (Å²) in [6.07, 6.45) is 1.52. The number of carboxylic acid groups (broad SMARTS) is 1. The van der Waals surface area contributed by atoms with Crippen molar-refractivity contribution in [3.8, 4) is 5.75 Å². The van der Waals surface area contributed by atoms with Crippen LogP contribution in [-0.2, 0) is 0 Å². The van der Waals surface area contributed by atoms with E-state index in [0.29, 0.717) is 0 Å². The van der Waals surface area contributed by atoms with Crippen molar-refractivity contribution in [3.05, 3.63) is 42.2 Å². The van der Waals surface area contributed by atoms with Crippen molar-refractivity contribution >= 4 is 5.97 Å². The minimum atomic E-state index is -1.29. The molecule has 0 atom stereocenters. The lowest BCUT2D eigenvalue weighted by atomic mass is 10.2. The maximum atomic E-state index is 13.0. The van der Waals surface area contributed by atoms with E-state index < -0.39 is 11.8 Å². The molecule has 0 amide bonds. The maximum Gasteiger partial charge on any atom is 0.338 e. The fourth-order valence-corrected chi connectivity index (χ4v) is 0.914. The number of carbonyl (C=O) groups is 1. The van der Waals surface area contributed by atoms with E-state index in [2.05, 4.69) is 6.58 Å². The average Bonchev–Trinajstić information content (AvgIpc) is 2.14. The van der Waals surface area contributed by atoms with Gasteiger partial charge in [-0.1, -0.05) is 12.7 Å². The molecule has 1 aromatic carbocycles. The van der Waals surface area contributed by atoms with Gasteiger partial charge in [-0.15, -0.1) is 0 Å². The smallest absolute Gasteiger partial charge is 0.338 e.